The predicted molar refractivity (Wildman–Crippen MR) is 62.8 cm³/mol. The zero-order valence-corrected chi connectivity index (χ0v) is 10.0. The minimum absolute atomic E-state index is 0.361. The molecule has 4 nitrogen and oxygen atoms in total. The molecule has 1 aliphatic heterocycles. The van der Waals surface area contributed by atoms with Gasteiger partial charge in [0.15, 0.2) is 0 Å². The number of rotatable bonds is 5. The quantitative estimate of drug-likeness (QED) is 0.662. The van der Waals surface area contributed by atoms with Crippen LogP contribution in [0.4, 0.5) is 0 Å². The largest absolute Gasteiger partial charge is 0.390 e. The van der Waals surface area contributed by atoms with Gasteiger partial charge >= 0.3 is 0 Å². The highest BCUT2D eigenvalue weighted by atomic mass is 16.3. The molecule has 0 saturated carbocycles. The molecule has 0 aromatic rings. The third kappa shape index (κ3) is 4.07. The average molecular weight is 215 g/mol. The van der Waals surface area contributed by atoms with E-state index >= 15 is 0 Å². The fourth-order valence-electron chi connectivity index (χ4n) is 2.02. The second-order valence-electron chi connectivity index (χ2n) is 4.48. The standard InChI is InChI=1S/C11H25N3O/c1-3-10(2)14-6-4-13(5-7-14)9-11(15)8-12/h10-11,15H,3-9,12H2,1-2H3. The van der Waals surface area contributed by atoms with Crippen molar-refractivity contribution in [2.75, 3.05) is 39.3 Å². The first-order valence-corrected chi connectivity index (χ1v) is 6.01. The van der Waals surface area contributed by atoms with Gasteiger partial charge in [0.2, 0.25) is 0 Å². The predicted octanol–water partition coefficient (Wildman–Crippen LogP) is -0.278. The molecule has 3 N–H and O–H groups in total. The summed E-state index contributed by atoms with van der Waals surface area (Å²) < 4.78 is 0. The van der Waals surface area contributed by atoms with Gasteiger partial charge in [0.05, 0.1) is 6.10 Å². The molecule has 2 atom stereocenters. The number of aliphatic hydroxyl groups is 1. The second kappa shape index (κ2) is 6.43. The molecule has 1 fully saturated rings. The van der Waals surface area contributed by atoms with E-state index in [0.29, 0.717) is 12.6 Å². The van der Waals surface area contributed by atoms with Crippen molar-refractivity contribution in [2.45, 2.75) is 32.4 Å². The van der Waals surface area contributed by atoms with Crippen LogP contribution in [0, 0.1) is 0 Å². The third-order valence-corrected chi connectivity index (χ3v) is 3.36. The van der Waals surface area contributed by atoms with Crippen molar-refractivity contribution in [2.24, 2.45) is 5.73 Å². The summed E-state index contributed by atoms with van der Waals surface area (Å²) in [7, 11) is 0. The maximum absolute atomic E-state index is 9.45. The van der Waals surface area contributed by atoms with Crippen LogP contribution in [0.15, 0.2) is 0 Å². The molecule has 0 aromatic carbocycles. The Morgan fingerprint density at radius 3 is 2.33 bits per heavy atom. The molecule has 0 aromatic heterocycles. The van der Waals surface area contributed by atoms with E-state index in [1.165, 1.54) is 6.42 Å². The highest BCUT2D eigenvalue weighted by molar-refractivity contribution is 4.77. The van der Waals surface area contributed by atoms with E-state index in [-0.39, 0.29) is 6.10 Å². The summed E-state index contributed by atoms with van der Waals surface area (Å²) in [6, 6.07) is 0.687. The summed E-state index contributed by atoms with van der Waals surface area (Å²) in [4.78, 5) is 4.82. The van der Waals surface area contributed by atoms with Crippen molar-refractivity contribution < 1.29 is 5.11 Å². The van der Waals surface area contributed by atoms with E-state index in [9.17, 15) is 5.11 Å². The Morgan fingerprint density at radius 2 is 1.87 bits per heavy atom. The normalized spacial score (nSPS) is 24.0. The lowest BCUT2D eigenvalue weighted by atomic mass is 10.2. The molecule has 0 amide bonds. The van der Waals surface area contributed by atoms with Crippen LogP contribution in [-0.2, 0) is 0 Å². The monoisotopic (exact) mass is 215 g/mol. The molecule has 1 saturated heterocycles. The Bertz CT molecular complexity index is 169. The topological polar surface area (TPSA) is 52.7 Å². The van der Waals surface area contributed by atoms with Crippen LogP contribution < -0.4 is 5.73 Å². The van der Waals surface area contributed by atoms with Gasteiger partial charge in [-0.2, -0.15) is 0 Å². The van der Waals surface area contributed by atoms with Crippen LogP contribution in [0.25, 0.3) is 0 Å². The lowest BCUT2D eigenvalue weighted by molar-refractivity contribution is 0.0617. The van der Waals surface area contributed by atoms with Crippen molar-refractivity contribution in [1.82, 2.24) is 9.80 Å². The van der Waals surface area contributed by atoms with Gasteiger partial charge in [-0.25, -0.2) is 0 Å². The molecule has 0 spiro atoms. The second-order valence-corrected chi connectivity index (χ2v) is 4.48. The molecule has 1 rings (SSSR count). The minimum Gasteiger partial charge on any atom is -0.390 e. The molecule has 4 heteroatoms. The van der Waals surface area contributed by atoms with Gasteiger partial charge in [0, 0.05) is 45.3 Å². The SMILES string of the molecule is CCC(C)N1CCN(CC(O)CN)CC1. The van der Waals surface area contributed by atoms with Crippen molar-refractivity contribution in [3.05, 3.63) is 0 Å². The zero-order chi connectivity index (χ0) is 11.3. The molecular weight excluding hydrogens is 190 g/mol. The molecule has 15 heavy (non-hydrogen) atoms. The van der Waals surface area contributed by atoms with Crippen LogP contribution in [0.2, 0.25) is 0 Å². The average Bonchev–Trinajstić information content (AvgIpc) is 2.29. The van der Waals surface area contributed by atoms with Crippen molar-refractivity contribution >= 4 is 0 Å². The molecule has 1 aliphatic rings. The smallest absolute Gasteiger partial charge is 0.0789 e. The maximum atomic E-state index is 9.45. The van der Waals surface area contributed by atoms with Gasteiger partial charge in [-0.3, -0.25) is 9.80 Å². The first-order chi connectivity index (χ1) is 7.17. The van der Waals surface area contributed by atoms with Gasteiger partial charge in [-0.05, 0) is 13.3 Å². The number of aliphatic hydroxyl groups excluding tert-OH is 1. The molecule has 0 bridgehead atoms. The van der Waals surface area contributed by atoms with Crippen LogP contribution in [-0.4, -0.2) is 66.3 Å². The number of nitrogens with two attached hydrogens (primary N) is 1. The van der Waals surface area contributed by atoms with E-state index in [1.54, 1.807) is 0 Å². The van der Waals surface area contributed by atoms with Crippen LogP contribution in [0.1, 0.15) is 20.3 Å². The molecule has 1 heterocycles. The molecule has 0 aliphatic carbocycles. The Kier molecular flexibility index (Phi) is 5.53. The van der Waals surface area contributed by atoms with Gasteiger partial charge in [0.1, 0.15) is 0 Å². The maximum Gasteiger partial charge on any atom is 0.0789 e. The lowest BCUT2D eigenvalue weighted by Gasteiger charge is -2.38. The van der Waals surface area contributed by atoms with Gasteiger partial charge in [-0.1, -0.05) is 6.92 Å². The van der Waals surface area contributed by atoms with Gasteiger partial charge < -0.3 is 10.8 Å². The zero-order valence-electron chi connectivity index (χ0n) is 10.0. The molecule has 0 radical (unpaired) electrons. The number of hydrogen-bond donors (Lipinski definition) is 2. The van der Waals surface area contributed by atoms with Gasteiger partial charge in [-0.15, -0.1) is 0 Å². The fourth-order valence-corrected chi connectivity index (χ4v) is 2.02. The molecular formula is C11H25N3O. The summed E-state index contributed by atoms with van der Waals surface area (Å²) in [5.74, 6) is 0. The van der Waals surface area contributed by atoms with E-state index in [0.717, 1.165) is 32.7 Å². The highest BCUT2D eigenvalue weighted by Gasteiger charge is 2.20. The number of piperazine rings is 1. The van der Waals surface area contributed by atoms with Crippen LogP contribution in [0.3, 0.4) is 0 Å². The van der Waals surface area contributed by atoms with Gasteiger partial charge in [0.25, 0.3) is 0 Å². The first kappa shape index (κ1) is 12.9. The summed E-state index contributed by atoms with van der Waals surface area (Å²) in [5, 5.41) is 9.45. The van der Waals surface area contributed by atoms with Crippen LogP contribution >= 0.6 is 0 Å². The van der Waals surface area contributed by atoms with E-state index in [4.69, 9.17) is 5.73 Å². The first-order valence-electron chi connectivity index (χ1n) is 6.01. The fraction of sp³-hybridized carbons (Fsp3) is 1.00. The highest BCUT2D eigenvalue weighted by Crippen LogP contribution is 2.08. The minimum atomic E-state index is -0.361. The van der Waals surface area contributed by atoms with Crippen molar-refractivity contribution in [1.29, 1.82) is 0 Å². The van der Waals surface area contributed by atoms with E-state index in [2.05, 4.69) is 23.6 Å². The van der Waals surface area contributed by atoms with E-state index < -0.39 is 0 Å². The Hall–Kier alpha value is -0.160. The Balaban J connectivity index is 2.23. The summed E-state index contributed by atoms with van der Waals surface area (Å²) in [5.41, 5.74) is 5.40. The summed E-state index contributed by atoms with van der Waals surface area (Å²) >= 11 is 0. The Morgan fingerprint density at radius 1 is 1.27 bits per heavy atom. The lowest BCUT2D eigenvalue weighted by Crippen LogP contribution is -2.51. The van der Waals surface area contributed by atoms with Crippen LogP contribution in [0.5, 0.6) is 0 Å². The number of β-amino-alcohol motifs (C(OH)–C–C–N with tert-alkyl or cyclic N) is 1. The number of nitrogens with zero attached hydrogens (tertiary/aromatic N) is 2. The molecule has 90 valence electrons. The Labute approximate surface area is 93.0 Å². The van der Waals surface area contributed by atoms with E-state index in [1.807, 2.05) is 0 Å². The summed E-state index contributed by atoms with van der Waals surface area (Å²) in [6.45, 7) is 9.96. The molecule has 2 unspecified atom stereocenters. The van der Waals surface area contributed by atoms with Crippen molar-refractivity contribution in [3.63, 3.8) is 0 Å². The number of hydrogen-bond acceptors (Lipinski definition) is 4. The summed E-state index contributed by atoms with van der Waals surface area (Å²) in [6.07, 6.45) is 0.853. The third-order valence-electron chi connectivity index (χ3n) is 3.36. The van der Waals surface area contributed by atoms with Crippen molar-refractivity contribution in [3.8, 4) is 0 Å².